The second kappa shape index (κ2) is 8.38. The summed E-state index contributed by atoms with van der Waals surface area (Å²) in [6.07, 6.45) is 15.0. The Kier molecular flexibility index (Phi) is 5.46. The molecule has 0 unspecified atom stereocenters. The Morgan fingerprint density at radius 3 is 2.70 bits per heavy atom. The zero-order chi connectivity index (χ0) is 20.5. The fraction of sp³-hybridized carbons (Fsp3) is 0.609. The summed E-state index contributed by atoms with van der Waals surface area (Å²) >= 11 is 0. The number of fused-ring (bicyclic) bond motifs is 1. The number of carbonyl (C=O) groups is 1. The standard InChI is InChI=1S/C23H32N6O/c24-22-21-19(8-11-29(23(21)30)18-4-2-1-3-5-18)20(13-26-22)17-12-27-28(15-17)14-16-6-9-25-10-7-16/h12-13,15-16,18,25H,1-11,14H2,(H2,24,26). The van der Waals surface area contributed by atoms with Gasteiger partial charge < -0.3 is 16.0 Å². The maximum atomic E-state index is 13.4. The maximum Gasteiger partial charge on any atom is 0.258 e. The topological polar surface area (TPSA) is 89.1 Å². The van der Waals surface area contributed by atoms with Gasteiger partial charge in [0, 0.05) is 42.7 Å². The smallest absolute Gasteiger partial charge is 0.258 e. The summed E-state index contributed by atoms with van der Waals surface area (Å²) in [7, 11) is 0. The molecule has 1 saturated heterocycles. The van der Waals surface area contributed by atoms with Crippen LogP contribution in [0, 0.1) is 5.92 Å². The largest absolute Gasteiger partial charge is 0.383 e. The van der Waals surface area contributed by atoms with E-state index in [1.54, 1.807) is 0 Å². The van der Waals surface area contributed by atoms with Gasteiger partial charge in [-0.2, -0.15) is 5.10 Å². The first-order valence-electron chi connectivity index (χ1n) is 11.5. The summed E-state index contributed by atoms with van der Waals surface area (Å²) in [4.78, 5) is 19.8. The normalized spacial score (nSPS) is 21.1. The van der Waals surface area contributed by atoms with Crippen LogP contribution in [0.3, 0.4) is 0 Å². The van der Waals surface area contributed by atoms with Gasteiger partial charge in [-0.1, -0.05) is 19.3 Å². The van der Waals surface area contributed by atoms with Gasteiger partial charge in [-0.25, -0.2) is 4.98 Å². The van der Waals surface area contributed by atoms with E-state index in [1.165, 1.54) is 32.1 Å². The average molecular weight is 409 g/mol. The van der Waals surface area contributed by atoms with E-state index >= 15 is 0 Å². The molecule has 1 aliphatic carbocycles. The summed E-state index contributed by atoms with van der Waals surface area (Å²) in [6, 6.07) is 0.357. The number of hydrogen-bond acceptors (Lipinski definition) is 5. The number of rotatable bonds is 4. The van der Waals surface area contributed by atoms with Crippen molar-refractivity contribution in [2.45, 2.75) is 64.0 Å². The molecule has 1 amide bonds. The first kappa shape index (κ1) is 19.5. The number of pyridine rings is 1. The zero-order valence-electron chi connectivity index (χ0n) is 17.6. The minimum Gasteiger partial charge on any atom is -0.383 e. The van der Waals surface area contributed by atoms with Crippen molar-refractivity contribution in [3.63, 3.8) is 0 Å². The SMILES string of the molecule is Nc1ncc(-c2cnn(CC3CCNCC3)c2)c2c1C(=O)N(C1CCCCC1)CC2. The van der Waals surface area contributed by atoms with Crippen molar-refractivity contribution in [2.24, 2.45) is 5.92 Å². The van der Waals surface area contributed by atoms with E-state index in [1.807, 2.05) is 17.1 Å². The lowest BCUT2D eigenvalue weighted by Crippen LogP contribution is -2.46. The van der Waals surface area contributed by atoms with Gasteiger partial charge in [-0.3, -0.25) is 9.48 Å². The van der Waals surface area contributed by atoms with Gasteiger partial charge in [-0.05, 0) is 56.7 Å². The number of nitrogens with zero attached hydrogens (tertiary/aromatic N) is 4. The third-order valence-corrected chi connectivity index (χ3v) is 7.16. The van der Waals surface area contributed by atoms with Gasteiger partial charge in [0.25, 0.3) is 5.91 Å². The molecule has 3 aliphatic rings. The summed E-state index contributed by atoms with van der Waals surface area (Å²) in [5, 5.41) is 8.02. The van der Waals surface area contributed by atoms with Crippen molar-refractivity contribution in [1.29, 1.82) is 0 Å². The fourth-order valence-electron chi connectivity index (χ4n) is 5.46. The highest BCUT2D eigenvalue weighted by Gasteiger charge is 2.34. The van der Waals surface area contributed by atoms with Gasteiger partial charge in [0.05, 0.1) is 11.8 Å². The molecule has 30 heavy (non-hydrogen) atoms. The number of carbonyl (C=O) groups excluding carboxylic acids is 1. The van der Waals surface area contributed by atoms with Crippen LogP contribution in [0.25, 0.3) is 11.1 Å². The molecule has 2 fully saturated rings. The fourth-order valence-corrected chi connectivity index (χ4v) is 5.46. The van der Waals surface area contributed by atoms with E-state index in [0.29, 0.717) is 23.3 Å². The highest BCUT2D eigenvalue weighted by atomic mass is 16.2. The zero-order valence-corrected chi connectivity index (χ0v) is 17.6. The van der Waals surface area contributed by atoms with E-state index in [4.69, 9.17) is 5.73 Å². The van der Waals surface area contributed by atoms with E-state index in [-0.39, 0.29) is 5.91 Å². The highest BCUT2D eigenvalue weighted by Crippen LogP contribution is 2.35. The molecule has 0 atom stereocenters. The number of amides is 1. The van der Waals surface area contributed by atoms with Crippen LogP contribution in [0.4, 0.5) is 5.82 Å². The van der Waals surface area contributed by atoms with E-state index < -0.39 is 0 Å². The highest BCUT2D eigenvalue weighted by molar-refractivity contribution is 6.02. The number of nitrogens with one attached hydrogen (secondary N) is 1. The third kappa shape index (κ3) is 3.71. The molecule has 5 rings (SSSR count). The van der Waals surface area contributed by atoms with Crippen LogP contribution in [0.15, 0.2) is 18.6 Å². The van der Waals surface area contributed by atoms with Crippen molar-refractivity contribution in [3.8, 4) is 11.1 Å². The van der Waals surface area contributed by atoms with Gasteiger partial charge in [0.2, 0.25) is 0 Å². The molecule has 0 bridgehead atoms. The summed E-state index contributed by atoms with van der Waals surface area (Å²) in [6.45, 7) is 3.90. The molecule has 0 aromatic carbocycles. The Labute approximate surface area is 178 Å². The Hall–Kier alpha value is -2.41. The Bertz CT molecular complexity index is 910. The lowest BCUT2D eigenvalue weighted by molar-refractivity contribution is 0.0616. The number of nitrogen functional groups attached to an aromatic ring is 1. The molecule has 2 aromatic rings. The van der Waals surface area contributed by atoms with Gasteiger partial charge in [0.1, 0.15) is 5.82 Å². The lowest BCUT2D eigenvalue weighted by atomic mass is 9.89. The van der Waals surface area contributed by atoms with Crippen molar-refractivity contribution in [1.82, 2.24) is 25.0 Å². The van der Waals surface area contributed by atoms with Gasteiger partial charge >= 0.3 is 0 Å². The monoisotopic (exact) mass is 408 g/mol. The predicted molar refractivity (Wildman–Crippen MR) is 117 cm³/mol. The summed E-state index contributed by atoms with van der Waals surface area (Å²) in [5.41, 5.74) is 9.92. The van der Waals surface area contributed by atoms with Crippen molar-refractivity contribution >= 4 is 11.7 Å². The molecule has 7 nitrogen and oxygen atoms in total. The molecule has 2 aliphatic heterocycles. The lowest BCUT2D eigenvalue weighted by Gasteiger charge is -2.38. The first-order valence-corrected chi connectivity index (χ1v) is 11.5. The van der Waals surface area contributed by atoms with Crippen LogP contribution in [0.5, 0.6) is 0 Å². The number of hydrogen-bond donors (Lipinski definition) is 2. The van der Waals surface area contributed by atoms with Crippen molar-refractivity contribution in [2.75, 3.05) is 25.4 Å². The Morgan fingerprint density at radius 1 is 1.10 bits per heavy atom. The third-order valence-electron chi connectivity index (χ3n) is 7.16. The molecule has 7 heteroatoms. The number of anilines is 1. The quantitative estimate of drug-likeness (QED) is 0.812. The molecular formula is C23H32N6O. The van der Waals surface area contributed by atoms with Crippen LogP contribution in [0.2, 0.25) is 0 Å². The van der Waals surface area contributed by atoms with Crippen molar-refractivity contribution in [3.05, 3.63) is 29.7 Å². The van der Waals surface area contributed by atoms with E-state index in [9.17, 15) is 4.79 Å². The number of nitrogens with two attached hydrogens (primary N) is 1. The molecule has 160 valence electrons. The molecule has 1 saturated carbocycles. The van der Waals surface area contributed by atoms with E-state index in [2.05, 4.69) is 26.5 Å². The minimum atomic E-state index is 0.0668. The van der Waals surface area contributed by atoms with Crippen LogP contribution in [-0.4, -0.2) is 51.2 Å². The number of aromatic nitrogens is 3. The molecule has 3 N–H and O–H groups in total. The minimum absolute atomic E-state index is 0.0668. The van der Waals surface area contributed by atoms with E-state index in [0.717, 1.165) is 62.1 Å². The molecule has 0 spiro atoms. The molecule has 2 aromatic heterocycles. The van der Waals surface area contributed by atoms with Crippen LogP contribution in [0.1, 0.15) is 60.9 Å². The predicted octanol–water partition coefficient (Wildman–Crippen LogP) is 2.86. The summed E-state index contributed by atoms with van der Waals surface area (Å²) < 4.78 is 2.05. The Morgan fingerprint density at radius 2 is 1.90 bits per heavy atom. The Balaban J connectivity index is 1.40. The maximum absolute atomic E-state index is 13.4. The van der Waals surface area contributed by atoms with Crippen LogP contribution < -0.4 is 11.1 Å². The van der Waals surface area contributed by atoms with Gasteiger partial charge in [0.15, 0.2) is 0 Å². The second-order valence-corrected chi connectivity index (χ2v) is 9.10. The molecular weight excluding hydrogens is 376 g/mol. The number of piperidine rings is 1. The summed E-state index contributed by atoms with van der Waals surface area (Å²) in [5.74, 6) is 1.10. The first-order chi connectivity index (χ1) is 14.7. The second-order valence-electron chi connectivity index (χ2n) is 9.10. The van der Waals surface area contributed by atoms with Crippen LogP contribution in [-0.2, 0) is 13.0 Å². The molecule has 4 heterocycles. The van der Waals surface area contributed by atoms with Crippen LogP contribution >= 0.6 is 0 Å². The van der Waals surface area contributed by atoms with Gasteiger partial charge in [-0.15, -0.1) is 0 Å². The molecule has 0 radical (unpaired) electrons. The average Bonchev–Trinajstić information content (AvgIpc) is 3.23. The van der Waals surface area contributed by atoms with Crippen molar-refractivity contribution < 1.29 is 4.79 Å².